The predicted molar refractivity (Wildman–Crippen MR) is 107 cm³/mol. The third-order valence-electron chi connectivity index (χ3n) is 6.01. The molecule has 1 saturated carbocycles. The van der Waals surface area contributed by atoms with Crippen molar-refractivity contribution in [2.45, 2.75) is 64.4 Å². The molecule has 2 fully saturated rings. The molecule has 1 heterocycles. The van der Waals surface area contributed by atoms with Crippen LogP contribution in [0.25, 0.3) is 0 Å². The molecule has 3 rings (SSSR count). The van der Waals surface area contributed by atoms with Crippen LogP contribution in [0.5, 0.6) is 0 Å². The van der Waals surface area contributed by atoms with Crippen LogP contribution in [0.1, 0.15) is 69.1 Å². The van der Waals surface area contributed by atoms with Crippen LogP contribution in [0, 0.1) is 17.8 Å². The van der Waals surface area contributed by atoms with E-state index in [0.29, 0.717) is 12.0 Å². The summed E-state index contributed by atoms with van der Waals surface area (Å²) in [6.45, 7) is 7.05. The molecule has 1 aliphatic carbocycles. The van der Waals surface area contributed by atoms with Gasteiger partial charge < -0.3 is 4.74 Å². The van der Waals surface area contributed by atoms with Gasteiger partial charge >= 0.3 is 0 Å². The van der Waals surface area contributed by atoms with Crippen LogP contribution in [0.4, 0.5) is 0 Å². The molecule has 0 spiro atoms. The molecule has 0 N–H and O–H groups in total. The van der Waals surface area contributed by atoms with Crippen LogP contribution in [0.3, 0.4) is 0 Å². The largest absolute Gasteiger partial charge is 0.373 e. The zero-order valence-corrected chi connectivity index (χ0v) is 15.8. The van der Waals surface area contributed by atoms with Crippen molar-refractivity contribution in [3.8, 4) is 0 Å². The molecule has 1 aliphatic heterocycles. The Morgan fingerprint density at radius 1 is 0.920 bits per heavy atom. The monoisotopic (exact) mass is 338 g/mol. The smallest absolute Gasteiger partial charge is 0.0825 e. The molecule has 0 radical (unpaired) electrons. The van der Waals surface area contributed by atoms with Crippen LogP contribution in [-0.4, -0.2) is 6.61 Å². The van der Waals surface area contributed by atoms with Gasteiger partial charge in [0.1, 0.15) is 0 Å². The van der Waals surface area contributed by atoms with Crippen molar-refractivity contribution in [1.29, 1.82) is 0 Å². The van der Waals surface area contributed by atoms with Gasteiger partial charge in [-0.1, -0.05) is 55.8 Å². The molecule has 1 saturated heterocycles. The number of hydrogen-bond donors (Lipinski definition) is 0. The lowest BCUT2D eigenvalue weighted by Crippen LogP contribution is -2.19. The van der Waals surface area contributed by atoms with Crippen molar-refractivity contribution in [3.05, 3.63) is 60.2 Å². The fourth-order valence-corrected chi connectivity index (χ4v) is 4.26. The summed E-state index contributed by atoms with van der Waals surface area (Å²) in [6.07, 6.45) is 17.4. The van der Waals surface area contributed by atoms with Crippen molar-refractivity contribution in [2.75, 3.05) is 6.61 Å². The highest BCUT2D eigenvalue weighted by atomic mass is 16.5. The van der Waals surface area contributed by atoms with Gasteiger partial charge in [0.25, 0.3) is 0 Å². The van der Waals surface area contributed by atoms with Crippen LogP contribution in [0.15, 0.2) is 49.1 Å². The van der Waals surface area contributed by atoms with Gasteiger partial charge in [-0.05, 0) is 67.9 Å². The van der Waals surface area contributed by atoms with E-state index in [-0.39, 0.29) is 0 Å². The first-order chi connectivity index (χ1) is 12.3. The van der Waals surface area contributed by atoms with Crippen molar-refractivity contribution in [2.24, 2.45) is 17.8 Å². The van der Waals surface area contributed by atoms with E-state index in [4.69, 9.17) is 4.74 Å². The first-order valence-corrected chi connectivity index (χ1v) is 10.3. The average Bonchev–Trinajstić information content (AvgIpc) is 2.68. The Balaban J connectivity index is 1.44. The molecule has 1 aromatic rings. The normalized spacial score (nSPS) is 30.4. The van der Waals surface area contributed by atoms with Gasteiger partial charge in [0.15, 0.2) is 0 Å². The summed E-state index contributed by atoms with van der Waals surface area (Å²) >= 11 is 0. The Kier molecular flexibility index (Phi) is 6.93. The Bertz CT molecular complexity index is 540. The first-order valence-electron chi connectivity index (χ1n) is 10.3. The summed E-state index contributed by atoms with van der Waals surface area (Å²) in [6, 6.07) is 9.08. The highest BCUT2D eigenvalue weighted by Crippen LogP contribution is 2.33. The summed E-state index contributed by atoms with van der Waals surface area (Å²) in [4.78, 5) is 0. The van der Waals surface area contributed by atoms with E-state index < -0.39 is 0 Å². The topological polar surface area (TPSA) is 9.23 Å². The molecule has 1 aromatic carbocycles. The first kappa shape index (κ1) is 18.5. The Morgan fingerprint density at radius 2 is 1.56 bits per heavy atom. The molecule has 0 amide bonds. The quantitative estimate of drug-likeness (QED) is 0.527. The van der Waals surface area contributed by atoms with Gasteiger partial charge in [-0.25, -0.2) is 0 Å². The van der Waals surface area contributed by atoms with Gasteiger partial charge in [-0.3, -0.25) is 0 Å². The highest BCUT2D eigenvalue weighted by molar-refractivity contribution is 5.24. The minimum atomic E-state index is 0.295. The van der Waals surface area contributed by atoms with Gasteiger partial charge in [0.05, 0.1) is 12.7 Å². The minimum Gasteiger partial charge on any atom is -0.373 e. The summed E-state index contributed by atoms with van der Waals surface area (Å²) < 4.78 is 6.19. The Labute approximate surface area is 154 Å². The number of rotatable bonds is 6. The molecule has 0 aromatic heterocycles. The molecule has 1 nitrogen and oxygen atoms in total. The minimum absolute atomic E-state index is 0.295. The molecule has 2 atom stereocenters. The number of hydrogen-bond acceptors (Lipinski definition) is 1. The standard InChI is InChI=1S/C24H34O/c1-3-5-20-12-15-23(16-13-20)24-17-14-22(18-25-24)11-10-21-8-6-19(4-2)7-9-21/h4,10-13,15-16,19,21-22,24H,2-3,5-9,14,17-18H2,1H3/b11-10+. The molecule has 136 valence electrons. The number of allylic oxidation sites excluding steroid dienone is 2. The molecule has 2 aliphatic rings. The molecule has 25 heavy (non-hydrogen) atoms. The van der Waals surface area contributed by atoms with E-state index in [9.17, 15) is 0 Å². The third kappa shape index (κ3) is 5.31. The van der Waals surface area contributed by atoms with Crippen molar-refractivity contribution < 1.29 is 4.74 Å². The SMILES string of the molecule is C=CC1CCC(/C=C/C2CCC(c3ccc(CCC)cc3)OC2)CC1. The average molecular weight is 339 g/mol. The van der Waals surface area contributed by atoms with E-state index >= 15 is 0 Å². The van der Waals surface area contributed by atoms with Gasteiger partial charge in [-0.15, -0.1) is 6.58 Å². The zero-order valence-electron chi connectivity index (χ0n) is 15.8. The molecule has 2 unspecified atom stereocenters. The summed E-state index contributed by atoms with van der Waals surface area (Å²) in [7, 11) is 0. The van der Waals surface area contributed by atoms with Crippen molar-refractivity contribution in [1.82, 2.24) is 0 Å². The summed E-state index contributed by atoms with van der Waals surface area (Å²) in [5.74, 6) is 2.14. The van der Waals surface area contributed by atoms with Gasteiger partial charge in [0, 0.05) is 5.92 Å². The zero-order chi connectivity index (χ0) is 17.5. The van der Waals surface area contributed by atoms with E-state index in [0.717, 1.165) is 24.9 Å². The summed E-state index contributed by atoms with van der Waals surface area (Å²) in [5.41, 5.74) is 2.79. The predicted octanol–water partition coefficient (Wildman–Crippen LogP) is 6.66. The summed E-state index contributed by atoms with van der Waals surface area (Å²) in [5, 5.41) is 0. The van der Waals surface area contributed by atoms with E-state index in [1.165, 1.54) is 56.1 Å². The second-order valence-electron chi connectivity index (χ2n) is 7.95. The fourth-order valence-electron chi connectivity index (χ4n) is 4.26. The van der Waals surface area contributed by atoms with Gasteiger partial charge in [-0.2, -0.15) is 0 Å². The second kappa shape index (κ2) is 9.38. The molecule has 1 heteroatoms. The maximum atomic E-state index is 6.19. The van der Waals surface area contributed by atoms with Crippen molar-refractivity contribution >= 4 is 0 Å². The maximum absolute atomic E-state index is 6.19. The maximum Gasteiger partial charge on any atom is 0.0825 e. The van der Waals surface area contributed by atoms with Crippen LogP contribution >= 0.6 is 0 Å². The van der Waals surface area contributed by atoms with E-state index in [2.05, 4.69) is 56.0 Å². The van der Waals surface area contributed by atoms with E-state index in [1.54, 1.807) is 0 Å². The lowest BCUT2D eigenvalue weighted by atomic mass is 9.81. The molecule has 0 bridgehead atoms. The third-order valence-corrected chi connectivity index (χ3v) is 6.01. The molecular formula is C24H34O. The lowest BCUT2D eigenvalue weighted by molar-refractivity contribution is -0.00536. The molecular weight excluding hydrogens is 304 g/mol. The van der Waals surface area contributed by atoms with Crippen LogP contribution < -0.4 is 0 Å². The Morgan fingerprint density at radius 3 is 2.16 bits per heavy atom. The van der Waals surface area contributed by atoms with Crippen LogP contribution in [-0.2, 0) is 11.2 Å². The number of benzene rings is 1. The van der Waals surface area contributed by atoms with Crippen LogP contribution in [0.2, 0.25) is 0 Å². The lowest BCUT2D eigenvalue weighted by Gasteiger charge is -2.29. The number of ether oxygens (including phenoxy) is 1. The van der Waals surface area contributed by atoms with Crippen molar-refractivity contribution in [3.63, 3.8) is 0 Å². The number of aryl methyl sites for hydroxylation is 1. The van der Waals surface area contributed by atoms with E-state index in [1.807, 2.05) is 0 Å². The second-order valence-corrected chi connectivity index (χ2v) is 7.95. The Hall–Kier alpha value is -1.34. The fraction of sp³-hybridized carbons (Fsp3) is 0.583. The van der Waals surface area contributed by atoms with Gasteiger partial charge in [0.2, 0.25) is 0 Å². The highest BCUT2D eigenvalue weighted by Gasteiger charge is 2.22.